The molecule has 1 aliphatic rings. The van der Waals surface area contributed by atoms with Crippen molar-refractivity contribution in [2.75, 3.05) is 0 Å². The minimum atomic E-state index is -4.81. The Hall–Kier alpha value is -0.950. The zero-order valence-corrected chi connectivity index (χ0v) is 5.20. The number of hydrogen-bond donors (Lipinski definition) is 0. The van der Waals surface area contributed by atoms with Gasteiger partial charge in [0, 0.05) is 0 Å². The van der Waals surface area contributed by atoms with Gasteiger partial charge in [0.1, 0.15) is 0 Å². The molecular weight excluding hydrogens is 192 g/mol. The summed E-state index contributed by atoms with van der Waals surface area (Å²) in [4.78, 5) is 1.73. The van der Waals surface area contributed by atoms with E-state index >= 15 is 0 Å². The van der Waals surface area contributed by atoms with E-state index in [4.69, 9.17) is 0 Å². The van der Waals surface area contributed by atoms with Crippen molar-refractivity contribution in [3.05, 3.63) is 0 Å². The third-order valence-electron chi connectivity index (χ3n) is 0.945. The molecule has 0 spiro atoms. The number of alkyl halides is 6. The van der Waals surface area contributed by atoms with Crippen LogP contribution in [0, 0.1) is 0 Å². The van der Waals surface area contributed by atoms with Crippen LogP contribution in [-0.2, 0) is 4.74 Å². The van der Waals surface area contributed by atoms with Gasteiger partial charge < -0.3 is 4.74 Å². The molecule has 0 bridgehead atoms. The van der Waals surface area contributed by atoms with Gasteiger partial charge in [-0.15, -0.1) is 0 Å². The molecule has 1 rings (SSSR count). The Morgan fingerprint density at radius 3 is 2.00 bits per heavy atom. The minimum Gasteiger partial charge on any atom is -0.402 e. The average molecular weight is 193 g/mol. The number of rotatable bonds is 2. The highest BCUT2D eigenvalue weighted by molar-refractivity contribution is 5.94. The first kappa shape index (κ1) is 9.14. The predicted octanol–water partition coefficient (Wildman–Crippen LogP) is 1.87. The van der Waals surface area contributed by atoms with Crippen molar-refractivity contribution >= 4 is 5.90 Å². The molecule has 0 aromatic rings. The molecule has 0 aromatic heterocycles. The van der Waals surface area contributed by atoms with Crippen LogP contribution in [0.15, 0.2) is 4.99 Å². The van der Waals surface area contributed by atoms with Crippen LogP contribution in [0.5, 0.6) is 0 Å². The van der Waals surface area contributed by atoms with Crippen molar-refractivity contribution in [2.45, 2.75) is 18.6 Å². The average Bonchev–Trinajstić information content (AvgIpc) is 2.37. The number of epoxide rings is 1. The molecule has 2 nitrogen and oxygen atoms in total. The first-order valence-electron chi connectivity index (χ1n) is 2.59. The van der Waals surface area contributed by atoms with Crippen molar-refractivity contribution in [3.63, 3.8) is 0 Å². The van der Waals surface area contributed by atoms with Crippen LogP contribution in [0.2, 0.25) is 0 Å². The largest absolute Gasteiger partial charge is 0.480 e. The van der Waals surface area contributed by atoms with E-state index in [9.17, 15) is 26.3 Å². The molecule has 0 amide bonds. The van der Waals surface area contributed by atoms with E-state index in [0.29, 0.717) is 0 Å². The SMILES string of the molecule is FC(F)C(F)(F)N=C1OC1(F)F. The lowest BCUT2D eigenvalue weighted by molar-refractivity contribution is -0.121. The summed E-state index contributed by atoms with van der Waals surface area (Å²) in [6, 6.07) is -4.81. The van der Waals surface area contributed by atoms with E-state index in [2.05, 4.69) is 4.74 Å². The van der Waals surface area contributed by atoms with Gasteiger partial charge in [-0.1, -0.05) is 0 Å². The molecule has 1 heterocycles. The van der Waals surface area contributed by atoms with Crippen molar-refractivity contribution in [1.82, 2.24) is 0 Å². The van der Waals surface area contributed by atoms with Crippen LogP contribution in [0.3, 0.4) is 0 Å². The number of hydrogen-bond acceptors (Lipinski definition) is 2. The number of aliphatic imine (C=N–C) groups is 1. The summed E-state index contributed by atoms with van der Waals surface area (Å²) in [7, 11) is 0. The fourth-order valence-corrected chi connectivity index (χ4v) is 0.368. The Bertz CT molecular complexity index is 224. The summed E-state index contributed by atoms with van der Waals surface area (Å²) < 4.78 is 72.8. The Morgan fingerprint density at radius 2 is 1.75 bits per heavy atom. The molecule has 0 saturated carbocycles. The molecule has 0 unspecified atom stereocenters. The standard InChI is InChI=1S/C4HF6NO/c5-1(6)3(7,8)11-2-4(9,10)12-2/h1H. The molecule has 0 aromatic carbocycles. The molecule has 1 saturated heterocycles. The zero-order valence-electron chi connectivity index (χ0n) is 5.20. The topological polar surface area (TPSA) is 24.9 Å². The second-order valence-electron chi connectivity index (χ2n) is 1.92. The quantitative estimate of drug-likeness (QED) is 0.373. The first-order chi connectivity index (χ1) is 5.26. The first-order valence-corrected chi connectivity index (χ1v) is 2.59. The van der Waals surface area contributed by atoms with Gasteiger partial charge in [0.05, 0.1) is 0 Å². The fourth-order valence-electron chi connectivity index (χ4n) is 0.368. The van der Waals surface area contributed by atoms with Crippen LogP contribution < -0.4 is 0 Å². The van der Waals surface area contributed by atoms with Crippen LogP contribution in [0.1, 0.15) is 0 Å². The Balaban J connectivity index is 2.69. The predicted molar refractivity (Wildman–Crippen MR) is 24.4 cm³/mol. The number of nitrogens with zero attached hydrogens (tertiary/aromatic N) is 1. The lowest BCUT2D eigenvalue weighted by atomic mass is 10.6. The molecule has 0 atom stereocenters. The van der Waals surface area contributed by atoms with Gasteiger partial charge in [-0.25, -0.2) is 8.78 Å². The van der Waals surface area contributed by atoms with Gasteiger partial charge in [0.2, 0.25) is 0 Å². The second-order valence-corrected chi connectivity index (χ2v) is 1.92. The fraction of sp³-hybridized carbons (Fsp3) is 0.750. The molecule has 70 valence electrons. The third kappa shape index (κ3) is 1.62. The maximum atomic E-state index is 11.8. The molecule has 0 radical (unpaired) electrons. The number of ether oxygens (including phenoxy) is 1. The normalized spacial score (nSPS) is 24.4. The van der Waals surface area contributed by atoms with Crippen molar-refractivity contribution in [1.29, 1.82) is 0 Å². The molecular formula is C4HF6NO. The second kappa shape index (κ2) is 2.27. The van der Waals surface area contributed by atoms with Crippen molar-refractivity contribution < 1.29 is 31.1 Å². The maximum absolute atomic E-state index is 11.8. The van der Waals surface area contributed by atoms with Crippen molar-refractivity contribution in [3.8, 4) is 0 Å². The van der Waals surface area contributed by atoms with E-state index in [1.54, 1.807) is 4.99 Å². The molecule has 8 heteroatoms. The lowest BCUT2D eigenvalue weighted by Crippen LogP contribution is -2.24. The Labute approximate surface area is 61.8 Å². The molecule has 1 aliphatic heterocycles. The zero-order chi connectivity index (χ0) is 9.57. The van der Waals surface area contributed by atoms with E-state index in [-0.39, 0.29) is 0 Å². The van der Waals surface area contributed by atoms with Crippen LogP contribution in [0.25, 0.3) is 0 Å². The van der Waals surface area contributed by atoms with Gasteiger partial charge in [0.25, 0.3) is 0 Å². The third-order valence-corrected chi connectivity index (χ3v) is 0.945. The van der Waals surface area contributed by atoms with Gasteiger partial charge in [0.15, 0.2) is 0 Å². The summed E-state index contributed by atoms with van der Waals surface area (Å²) in [5.41, 5.74) is 0. The lowest BCUT2D eigenvalue weighted by Gasteiger charge is -2.06. The van der Waals surface area contributed by atoms with Gasteiger partial charge in [-0.3, -0.25) is 0 Å². The van der Waals surface area contributed by atoms with Gasteiger partial charge in [-0.05, 0) is 0 Å². The molecule has 1 fully saturated rings. The van der Waals surface area contributed by atoms with Gasteiger partial charge >= 0.3 is 24.5 Å². The summed E-state index contributed by atoms with van der Waals surface area (Å²) in [5, 5.41) is 0. The highest BCUT2D eigenvalue weighted by Crippen LogP contribution is 2.37. The summed E-state index contributed by atoms with van der Waals surface area (Å²) >= 11 is 0. The van der Waals surface area contributed by atoms with Crippen LogP contribution in [-0.4, -0.2) is 24.5 Å². The maximum Gasteiger partial charge on any atom is 0.480 e. The summed E-state index contributed by atoms with van der Waals surface area (Å²) in [6.45, 7) is 0. The van der Waals surface area contributed by atoms with Gasteiger partial charge in [-0.2, -0.15) is 22.6 Å². The summed E-state index contributed by atoms with van der Waals surface area (Å²) in [5.74, 6) is -1.66. The van der Waals surface area contributed by atoms with Crippen LogP contribution >= 0.6 is 0 Å². The van der Waals surface area contributed by atoms with Crippen LogP contribution in [0.4, 0.5) is 26.3 Å². The Kier molecular flexibility index (Phi) is 1.73. The molecule has 0 aliphatic carbocycles. The molecule has 12 heavy (non-hydrogen) atoms. The van der Waals surface area contributed by atoms with Crippen molar-refractivity contribution in [2.24, 2.45) is 4.99 Å². The smallest absolute Gasteiger partial charge is 0.402 e. The number of halogens is 6. The van der Waals surface area contributed by atoms with E-state index in [0.717, 1.165) is 0 Å². The van der Waals surface area contributed by atoms with E-state index in [1.807, 2.05) is 0 Å². The van der Waals surface area contributed by atoms with E-state index in [1.165, 1.54) is 0 Å². The monoisotopic (exact) mass is 193 g/mol. The molecule has 0 N–H and O–H groups in total. The highest BCUT2D eigenvalue weighted by Gasteiger charge is 2.61. The van der Waals surface area contributed by atoms with E-state index < -0.39 is 24.5 Å². The summed E-state index contributed by atoms with van der Waals surface area (Å²) in [6.07, 6.45) is -8.02. The minimum absolute atomic E-state index is 1.66. The highest BCUT2D eigenvalue weighted by atomic mass is 19.3. The Morgan fingerprint density at radius 1 is 1.33 bits per heavy atom.